The van der Waals surface area contributed by atoms with E-state index in [1.807, 2.05) is 12.1 Å². The molecule has 0 aliphatic rings. The molecule has 0 aromatic heterocycles. The number of rotatable bonds is 9. The first-order chi connectivity index (χ1) is 11.6. The van der Waals surface area contributed by atoms with Gasteiger partial charge in [-0.2, -0.15) is 0 Å². The Kier molecular flexibility index (Phi) is 12.2. The molecule has 25 heavy (non-hydrogen) atoms. The van der Waals surface area contributed by atoms with Gasteiger partial charge in [0.2, 0.25) is 0 Å². The molecule has 144 valence electrons. The smallest absolute Gasteiger partial charge is 0.193 e. The number of aliphatic imine (C=N–C) groups is 1. The number of hydrogen-bond acceptors (Lipinski definition) is 4. The van der Waals surface area contributed by atoms with E-state index in [1.54, 1.807) is 28.4 Å². The van der Waals surface area contributed by atoms with Crippen LogP contribution in [-0.2, 0) is 6.42 Å². The molecular weight excluding hydrogens is 433 g/mol. The Labute approximate surface area is 169 Å². The van der Waals surface area contributed by atoms with E-state index in [0.717, 1.165) is 54.7 Å². The largest absolute Gasteiger partial charge is 0.496 e. The van der Waals surface area contributed by atoms with E-state index in [0.29, 0.717) is 0 Å². The summed E-state index contributed by atoms with van der Waals surface area (Å²) in [5.41, 5.74) is 1.01. The highest BCUT2D eigenvalue weighted by molar-refractivity contribution is 14.0. The van der Waals surface area contributed by atoms with Gasteiger partial charge < -0.3 is 24.4 Å². The number of guanidine groups is 1. The molecule has 0 saturated carbocycles. The Morgan fingerprint density at radius 2 is 1.72 bits per heavy atom. The summed E-state index contributed by atoms with van der Waals surface area (Å²) in [5, 5.41) is 3.39. The lowest BCUT2D eigenvalue weighted by Gasteiger charge is -2.22. The molecule has 0 bridgehead atoms. The van der Waals surface area contributed by atoms with Crippen LogP contribution in [0.3, 0.4) is 0 Å². The maximum absolute atomic E-state index is 5.49. The van der Waals surface area contributed by atoms with Gasteiger partial charge in [0, 0.05) is 44.9 Å². The quantitative estimate of drug-likeness (QED) is 0.345. The number of nitrogens with zero attached hydrogens (tertiary/aromatic N) is 2. The van der Waals surface area contributed by atoms with Crippen molar-refractivity contribution in [1.82, 2.24) is 10.2 Å². The van der Waals surface area contributed by atoms with Crippen molar-refractivity contribution in [2.45, 2.75) is 26.2 Å². The minimum atomic E-state index is 0. The Bertz CT molecular complexity index is 513. The van der Waals surface area contributed by atoms with E-state index in [2.05, 4.69) is 29.2 Å². The van der Waals surface area contributed by atoms with Gasteiger partial charge in [0.25, 0.3) is 0 Å². The third-order valence-electron chi connectivity index (χ3n) is 3.90. The molecule has 0 atom stereocenters. The van der Waals surface area contributed by atoms with Crippen molar-refractivity contribution in [3.8, 4) is 17.2 Å². The summed E-state index contributed by atoms with van der Waals surface area (Å²) in [4.78, 5) is 6.48. The average Bonchev–Trinajstić information content (AvgIpc) is 2.62. The van der Waals surface area contributed by atoms with Crippen LogP contribution in [0, 0.1) is 0 Å². The maximum atomic E-state index is 5.49. The van der Waals surface area contributed by atoms with Gasteiger partial charge in [-0.1, -0.05) is 13.3 Å². The lowest BCUT2D eigenvalue weighted by Crippen LogP contribution is -2.40. The van der Waals surface area contributed by atoms with Crippen LogP contribution in [-0.4, -0.2) is 59.4 Å². The standard InChI is InChI=1S/C18H31N3O3.HI/c1-7-8-11-21(3)18(19-2)20-10-9-15-16(23-5)12-14(22-4)13-17(15)24-6;/h12-13H,7-11H2,1-6H3,(H,19,20);1H. The van der Waals surface area contributed by atoms with Crippen molar-refractivity contribution in [2.75, 3.05) is 48.5 Å². The van der Waals surface area contributed by atoms with Crippen LogP contribution in [0.4, 0.5) is 0 Å². The van der Waals surface area contributed by atoms with Crippen molar-refractivity contribution in [3.63, 3.8) is 0 Å². The molecule has 0 aliphatic carbocycles. The highest BCUT2D eigenvalue weighted by Gasteiger charge is 2.13. The number of benzene rings is 1. The summed E-state index contributed by atoms with van der Waals surface area (Å²) < 4.78 is 16.3. The predicted molar refractivity (Wildman–Crippen MR) is 114 cm³/mol. The van der Waals surface area contributed by atoms with Crippen LogP contribution in [0.2, 0.25) is 0 Å². The predicted octanol–water partition coefficient (Wildman–Crippen LogP) is 3.18. The zero-order chi connectivity index (χ0) is 17.9. The molecular formula is C18H32IN3O3. The average molecular weight is 465 g/mol. The molecule has 7 heteroatoms. The number of halogens is 1. The molecule has 0 heterocycles. The molecule has 0 spiro atoms. The lowest BCUT2D eigenvalue weighted by molar-refractivity contribution is 0.368. The topological polar surface area (TPSA) is 55.3 Å². The van der Waals surface area contributed by atoms with Crippen molar-refractivity contribution >= 4 is 29.9 Å². The fourth-order valence-electron chi connectivity index (χ4n) is 2.51. The van der Waals surface area contributed by atoms with Crippen LogP contribution in [0.5, 0.6) is 17.2 Å². The summed E-state index contributed by atoms with van der Waals surface area (Å²) in [7, 11) is 8.80. The molecule has 0 amide bonds. The second kappa shape index (κ2) is 12.9. The van der Waals surface area contributed by atoms with Gasteiger partial charge >= 0.3 is 0 Å². The molecule has 0 unspecified atom stereocenters. The molecule has 6 nitrogen and oxygen atoms in total. The SMILES string of the molecule is CCCCN(C)C(=NC)NCCc1c(OC)cc(OC)cc1OC.I. The van der Waals surface area contributed by atoms with Gasteiger partial charge in [0.1, 0.15) is 17.2 Å². The van der Waals surface area contributed by atoms with Gasteiger partial charge in [-0.15, -0.1) is 24.0 Å². The molecule has 1 N–H and O–H groups in total. The van der Waals surface area contributed by atoms with Gasteiger partial charge in [0.15, 0.2) is 5.96 Å². The van der Waals surface area contributed by atoms with Crippen molar-refractivity contribution in [2.24, 2.45) is 4.99 Å². The maximum Gasteiger partial charge on any atom is 0.193 e. The summed E-state index contributed by atoms with van der Waals surface area (Å²) in [6, 6.07) is 3.75. The first kappa shape index (κ1) is 23.6. The zero-order valence-corrected chi connectivity index (χ0v) is 18.5. The minimum absolute atomic E-state index is 0. The highest BCUT2D eigenvalue weighted by atomic mass is 127. The van der Waals surface area contributed by atoms with Crippen molar-refractivity contribution < 1.29 is 14.2 Å². The fourth-order valence-corrected chi connectivity index (χ4v) is 2.51. The molecule has 1 aromatic rings. The van der Waals surface area contributed by atoms with Gasteiger partial charge in [-0.25, -0.2) is 0 Å². The highest BCUT2D eigenvalue weighted by Crippen LogP contribution is 2.34. The van der Waals surface area contributed by atoms with E-state index < -0.39 is 0 Å². The van der Waals surface area contributed by atoms with E-state index in [-0.39, 0.29) is 24.0 Å². The summed E-state index contributed by atoms with van der Waals surface area (Å²) in [5.74, 6) is 3.15. The van der Waals surface area contributed by atoms with Crippen LogP contribution >= 0.6 is 24.0 Å². The van der Waals surface area contributed by atoms with E-state index in [1.165, 1.54) is 6.42 Å². The van der Waals surface area contributed by atoms with E-state index in [4.69, 9.17) is 14.2 Å². The van der Waals surface area contributed by atoms with Crippen molar-refractivity contribution in [3.05, 3.63) is 17.7 Å². The third-order valence-corrected chi connectivity index (χ3v) is 3.90. The molecule has 0 fully saturated rings. The molecule has 1 rings (SSSR count). The third kappa shape index (κ3) is 7.17. The van der Waals surface area contributed by atoms with E-state index in [9.17, 15) is 0 Å². The molecule has 1 aromatic carbocycles. The fraction of sp³-hybridized carbons (Fsp3) is 0.611. The first-order valence-corrected chi connectivity index (χ1v) is 8.31. The number of hydrogen-bond donors (Lipinski definition) is 1. The zero-order valence-electron chi connectivity index (χ0n) is 16.2. The van der Waals surface area contributed by atoms with E-state index >= 15 is 0 Å². The Morgan fingerprint density at radius 3 is 2.16 bits per heavy atom. The summed E-state index contributed by atoms with van der Waals surface area (Å²) >= 11 is 0. The molecule has 0 aliphatic heterocycles. The summed E-state index contributed by atoms with van der Waals surface area (Å²) in [6.07, 6.45) is 3.08. The van der Waals surface area contributed by atoms with Crippen LogP contribution in [0.25, 0.3) is 0 Å². The Morgan fingerprint density at radius 1 is 1.12 bits per heavy atom. The second-order valence-electron chi connectivity index (χ2n) is 5.51. The lowest BCUT2D eigenvalue weighted by atomic mass is 10.1. The second-order valence-corrected chi connectivity index (χ2v) is 5.51. The number of ether oxygens (including phenoxy) is 3. The van der Waals surface area contributed by atoms with Crippen LogP contribution in [0.1, 0.15) is 25.3 Å². The number of nitrogens with one attached hydrogen (secondary N) is 1. The normalized spacial score (nSPS) is 10.7. The van der Waals surface area contributed by atoms with Gasteiger partial charge in [-0.3, -0.25) is 4.99 Å². The van der Waals surface area contributed by atoms with Crippen LogP contribution < -0.4 is 19.5 Å². The van der Waals surface area contributed by atoms with Gasteiger partial charge in [-0.05, 0) is 12.8 Å². The summed E-state index contributed by atoms with van der Waals surface area (Å²) in [6.45, 7) is 3.92. The van der Waals surface area contributed by atoms with Crippen molar-refractivity contribution in [1.29, 1.82) is 0 Å². The number of methoxy groups -OCH3 is 3. The molecule has 0 radical (unpaired) electrons. The van der Waals surface area contributed by atoms with Crippen LogP contribution in [0.15, 0.2) is 17.1 Å². The Balaban J connectivity index is 0.00000576. The number of unbranched alkanes of at least 4 members (excludes halogenated alkanes) is 1. The Hall–Kier alpha value is -1.38. The first-order valence-electron chi connectivity index (χ1n) is 8.31. The molecule has 0 saturated heterocycles. The minimum Gasteiger partial charge on any atom is -0.496 e. The monoisotopic (exact) mass is 465 g/mol. The van der Waals surface area contributed by atoms with Gasteiger partial charge in [0.05, 0.1) is 21.3 Å².